The fourth-order valence-electron chi connectivity index (χ4n) is 1.20. The van der Waals surface area contributed by atoms with Crippen LogP contribution in [0, 0.1) is 5.92 Å². The summed E-state index contributed by atoms with van der Waals surface area (Å²) in [4.78, 5) is 33.2. The van der Waals surface area contributed by atoms with Crippen LogP contribution in [0.2, 0.25) is 0 Å². The maximum atomic E-state index is 11.7. The van der Waals surface area contributed by atoms with Gasteiger partial charge in [-0.2, -0.15) is 0 Å². The molecule has 17 heavy (non-hydrogen) atoms. The van der Waals surface area contributed by atoms with Crippen molar-refractivity contribution in [3.05, 3.63) is 0 Å². The zero-order chi connectivity index (χ0) is 13.6. The molecule has 0 aliphatic heterocycles. The quantitative estimate of drug-likeness (QED) is 0.465. The van der Waals surface area contributed by atoms with Crippen molar-refractivity contribution in [2.24, 2.45) is 5.92 Å². The molecule has 2 unspecified atom stereocenters. The lowest BCUT2D eigenvalue weighted by Gasteiger charge is -2.22. The molecule has 0 bridgehead atoms. The number of carbonyl (C=O) groups is 3. The first-order valence-corrected chi connectivity index (χ1v) is 5.20. The van der Waals surface area contributed by atoms with Gasteiger partial charge < -0.3 is 20.8 Å². The highest BCUT2D eigenvalue weighted by molar-refractivity contribution is 5.90. The van der Waals surface area contributed by atoms with Crippen molar-refractivity contribution in [1.82, 2.24) is 10.6 Å². The Morgan fingerprint density at radius 1 is 1.18 bits per heavy atom. The second kappa shape index (κ2) is 6.85. The van der Waals surface area contributed by atoms with E-state index in [1.54, 1.807) is 13.8 Å². The van der Waals surface area contributed by atoms with E-state index >= 15 is 0 Å². The van der Waals surface area contributed by atoms with Crippen molar-refractivity contribution < 1.29 is 24.6 Å². The summed E-state index contributed by atoms with van der Waals surface area (Å²) < 4.78 is 0. The molecule has 0 fully saturated rings. The third-order valence-electron chi connectivity index (χ3n) is 2.11. The lowest BCUT2D eigenvalue weighted by molar-refractivity contribution is -0.143. The van der Waals surface area contributed by atoms with Crippen molar-refractivity contribution in [2.45, 2.75) is 32.9 Å². The monoisotopic (exact) mass is 246 g/mol. The minimum absolute atomic E-state index is 0.188. The molecule has 0 saturated heterocycles. The number of carboxylic acid groups (broad SMARTS) is 1. The minimum Gasteiger partial charge on any atom is -0.480 e. The predicted octanol–water partition coefficient (Wildman–Crippen LogP) is -1.29. The Kier molecular flexibility index (Phi) is 6.19. The first kappa shape index (κ1) is 15.4. The van der Waals surface area contributed by atoms with Gasteiger partial charge in [0, 0.05) is 6.92 Å². The molecule has 0 aromatic rings. The lowest BCUT2D eigenvalue weighted by Crippen LogP contribution is -2.54. The number of aliphatic hydroxyl groups excluding tert-OH is 1. The molecule has 98 valence electrons. The molecule has 2 atom stereocenters. The van der Waals surface area contributed by atoms with E-state index < -0.39 is 30.6 Å². The summed E-state index contributed by atoms with van der Waals surface area (Å²) in [7, 11) is 0. The topological polar surface area (TPSA) is 116 Å². The highest BCUT2D eigenvalue weighted by Gasteiger charge is 2.27. The number of hydrogen-bond acceptors (Lipinski definition) is 4. The fourth-order valence-corrected chi connectivity index (χ4v) is 1.20. The van der Waals surface area contributed by atoms with Gasteiger partial charge in [-0.1, -0.05) is 13.8 Å². The van der Waals surface area contributed by atoms with Crippen LogP contribution in [0.5, 0.6) is 0 Å². The number of carboxylic acids is 1. The normalized spacial score (nSPS) is 13.9. The highest BCUT2D eigenvalue weighted by Crippen LogP contribution is 2.02. The Balaban J connectivity index is 4.62. The van der Waals surface area contributed by atoms with Gasteiger partial charge >= 0.3 is 5.97 Å². The average Bonchev–Trinajstić information content (AvgIpc) is 2.20. The second-order valence-corrected chi connectivity index (χ2v) is 4.00. The van der Waals surface area contributed by atoms with E-state index in [2.05, 4.69) is 10.6 Å². The first-order chi connectivity index (χ1) is 7.79. The van der Waals surface area contributed by atoms with Crippen LogP contribution < -0.4 is 10.6 Å². The van der Waals surface area contributed by atoms with Crippen LogP contribution in [0.4, 0.5) is 0 Å². The molecular weight excluding hydrogens is 228 g/mol. The van der Waals surface area contributed by atoms with Gasteiger partial charge in [-0.15, -0.1) is 0 Å². The smallest absolute Gasteiger partial charge is 0.328 e. The van der Waals surface area contributed by atoms with E-state index in [1.165, 1.54) is 6.92 Å². The number of rotatable bonds is 6. The fraction of sp³-hybridized carbons (Fsp3) is 0.700. The maximum absolute atomic E-state index is 11.7. The highest BCUT2D eigenvalue weighted by atomic mass is 16.4. The van der Waals surface area contributed by atoms with Crippen LogP contribution in [0.3, 0.4) is 0 Å². The molecule has 0 spiro atoms. The molecule has 0 aliphatic carbocycles. The Labute approximate surface area is 99.2 Å². The summed E-state index contributed by atoms with van der Waals surface area (Å²) in [6.07, 6.45) is 0. The maximum Gasteiger partial charge on any atom is 0.328 e. The summed E-state index contributed by atoms with van der Waals surface area (Å²) in [6, 6.07) is -2.18. The molecule has 0 saturated carbocycles. The molecule has 0 rings (SSSR count). The van der Waals surface area contributed by atoms with Crippen LogP contribution >= 0.6 is 0 Å². The van der Waals surface area contributed by atoms with Crippen LogP contribution in [0.15, 0.2) is 0 Å². The van der Waals surface area contributed by atoms with Crippen molar-refractivity contribution in [3.8, 4) is 0 Å². The zero-order valence-corrected chi connectivity index (χ0v) is 10.1. The van der Waals surface area contributed by atoms with Gasteiger partial charge in [-0.3, -0.25) is 9.59 Å². The summed E-state index contributed by atoms with van der Waals surface area (Å²) >= 11 is 0. The number of aliphatic hydroxyl groups is 1. The van der Waals surface area contributed by atoms with Gasteiger partial charge in [0.2, 0.25) is 11.8 Å². The van der Waals surface area contributed by atoms with Gasteiger partial charge in [0.1, 0.15) is 12.1 Å². The Morgan fingerprint density at radius 3 is 2.00 bits per heavy atom. The molecule has 7 nitrogen and oxygen atoms in total. The molecule has 0 aliphatic rings. The van der Waals surface area contributed by atoms with Crippen molar-refractivity contribution >= 4 is 17.8 Å². The molecule has 0 aromatic heterocycles. The van der Waals surface area contributed by atoms with E-state index in [1.807, 2.05) is 0 Å². The van der Waals surface area contributed by atoms with E-state index in [0.29, 0.717) is 0 Å². The number of amides is 2. The van der Waals surface area contributed by atoms with Crippen molar-refractivity contribution in [2.75, 3.05) is 6.61 Å². The van der Waals surface area contributed by atoms with E-state index in [-0.39, 0.29) is 11.8 Å². The van der Waals surface area contributed by atoms with E-state index in [0.717, 1.165) is 0 Å². The van der Waals surface area contributed by atoms with Gasteiger partial charge in [-0.05, 0) is 5.92 Å². The molecule has 0 heterocycles. The first-order valence-electron chi connectivity index (χ1n) is 5.20. The summed E-state index contributed by atoms with van der Waals surface area (Å²) in [5, 5.41) is 22.0. The molecule has 0 aromatic carbocycles. The molecule has 4 N–H and O–H groups in total. The van der Waals surface area contributed by atoms with Crippen LogP contribution in [0.1, 0.15) is 20.8 Å². The predicted molar refractivity (Wildman–Crippen MR) is 59.1 cm³/mol. The Hall–Kier alpha value is -1.63. The van der Waals surface area contributed by atoms with Crippen LogP contribution in [0.25, 0.3) is 0 Å². The SMILES string of the molecule is CC(=O)NC(C(=O)NC(CO)C(=O)O)C(C)C. The Bertz CT molecular complexity index is 303. The van der Waals surface area contributed by atoms with Gasteiger partial charge in [0.25, 0.3) is 0 Å². The Morgan fingerprint density at radius 2 is 1.71 bits per heavy atom. The molecule has 2 amide bonds. The largest absolute Gasteiger partial charge is 0.480 e. The molecule has 7 heteroatoms. The minimum atomic E-state index is -1.36. The van der Waals surface area contributed by atoms with E-state index in [9.17, 15) is 14.4 Å². The van der Waals surface area contributed by atoms with E-state index in [4.69, 9.17) is 10.2 Å². The number of aliphatic carboxylic acids is 1. The third-order valence-corrected chi connectivity index (χ3v) is 2.11. The number of hydrogen-bond donors (Lipinski definition) is 4. The third kappa shape index (κ3) is 5.30. The average molecular weight is 246 g/mol. The molecular formula is C10H18N2O5. The van der Waals surface area contributed by atoms with Crippen molar-refractivity contribution in [1.29, 1.82) is 0 Å². The van der Waals surface area contributed by atoms with Gasteiger partial charge in [0.15, 0.2) is 0 Å². The second-order valence-electron chi connectivity index (χ2n) is 4.00. The van der Waals surface area contributed by atoms with Gasteiger partial charge in [0.05, 0.1) is 6.61 Å². The number of carbonyl (C=O) groups excluding carboxylic acids is 2. The lowest BCUT2D eigenvalue weighted by atomic mass is 10.0. The summed E-state index contributed by atoms with van der Waals surface area (Å²) in [5.41, 5.74) is 0. The standard InChI is InChI=1S/C10H18N2O5/c1-5(2)8(11-6(3)14)9(15)12-7(4-13)10(16)17/h5,7-8,13H,4H2,1-3H3,(H,11,14)(H,12,15)(H,16,17). The van der Waals surface area contributed by atoms with Crippen LogP contribution in [-0.2, 0) is 14.4 Å². The molecule has 0 radical (unpaired) electrons. The van der Waals surface area contributed by atoms with Crippen molar-refractivity contribution in [3.63, 3.8) is 0 Å². The number of nitrogens with one attached hydrogen (secondary N) is 2. The van der Waals surface area contributed by atoms with Crippen LogP contribution in [-0.4, -0.2) is 46.7 Å². The zero-order valence-electron chi connectivity index (χ0n) is 10.1. The summed E-state index contributed by atoms with van der Waals surface area (Å²) in [5.74, 6) is -2.52. The van der Waals surface area contributed by atoms with Gasteiger partial charge in [-0.25, -0.2) is 4.79 Å². The summed E-state index contributed by atoms with van der Waals surface area (Å²) in [6.45, 7) is 4.00.